The van der Waals surface area contributed by atoms with Crippen molar-refractivity contribution in [2.45, 2.75) is 26.8 Å². The summed E-state index contributed by atoms with van der Waals surface area (Å²) >= 11 is 0. The fraction of sp³-hybridized carbons (Fsp3) is 0.208. The van der Waals surface area contributed by atoms with E-state index in [-0.39, 0.29) is 18.6 Å². The summed E-state index contributed by atoms with van der Waals surface area (Å²) in [6, 6.07) is 24.0. The van der Waals surface area contributed by atoms with Crippen LogP contribution in [-0.2, 0) is 4.79 Å². The Morgan fingerprint density at radius 1 is 0.852 bits per heavy atom. The summed E-state index contributed by atoms with van der Waals surface area (Å²) in [5, 5.41) is 3.11. The first-order valence-electron chi connectivity index (χ1n) is 9.14. The van der Waals surface area contributed by atoms with Crippen molar-refractivity contribution in [2.75, 3.05) is 6.61 Å². The predicted octanol–water partition coefficient (Wildman–Crippen LogP) is 4.90. The van der Waals surface area contributed by atoms with Crippen molar-refractivity contribution in [2.24, 2.45) is 0 Å². The maximum absolute atomic E-state index is 12.6. The van der Waals surface area contributed by atoms with E-state index in [4.69, 9.17) is 4.74 Å². The highest BCUT2D eigenvalue weighted by atomic mass is 16.5. The molecular formula is C24H25NO2. The van der Waals surface area contributed by atoms with Crippen LogP contribution in [0, 0.1) is 20.8 Å². The molecule has 0 fully saturated rings. The van der Waals surface area contributed by atoms with E-state index in [2.05, 4.69) is 36.5 Å². The van der Waals surface area contributed by atoms with Gasteiger partial charge in [0.15, 0.2) is 6.61 Å². The minimum absolute atomic E-state index is 0.0144. The highest BCUT2D eigenvalue weighted by Crippen LogP contribution is 2.23. The van der Waals surface area contributed by atoms with Gasteiger partial charge in [0.25, 0.3) is 5.91 Å². The molecule has 0 saturated heterocycles. The summed E-state index contributed by atoms with van der Waals surface area (Å²) in [5.74, 6) is 0.599. The maximum Gasteiger partial charge on any atom is 0.258 e. The average Bonchev–Trinajstić information content (AvgIpc) is 2.68. The van der Waals surface area contributed by atoms with Gasteiger partial charge in [0.1, 0.15) is 5.75 Å². The number of rotatable bonds is 6. The first-order valence-corrected chi connectivity index (χ1v) is 9.14. The van der Waals surface area contributed by atoms with Crippen LogP contribution in [0.25, 0.3) is 0 Å². The van der Waals surface area contributed by atoms with Gasteiger partial charge in [0, 0.05) is 0 Å². The molecule has 1 N–H and O–H groups in total. The quantitative estimate of drug-likeness (QED) is 0.680. The number of hydrogen-bond donors (Lipinski definition) is 1. The molecule has 3 aromatic rings. The molecule has 3 nitrogen and oxygen atoms in total. The number of aryl methyl sites for hydroxylation is 3. The zero-order chi connectivity index (χ0) is 19.2. The third kappa shape index (κ3) is 4.98. The Balaban J connectivity index is 1.74. The lowest BCUT2D eigenvalue weighted by atomic mass is 9.98. The van der Waals surface area contributed by atoms with E-state index in [0.717, 1.165) is 28.0 Å². The van der Waals surface area contributed by atoms with E-state index in [1.54, 1.807) is 0 Å². The smallest absolute Gasteiger partial charge is 0.258 e. The van der Waals surface area contributed by atoms with Crippen LogP contribution >= 0.6 is 0 Å². The number of amides is 1. The zero-order valence-electron chi connectivity index (χ0n) is 16.0. The van der Waals surface area contributed by atoms with Crippen LogP contribution in [0.2, 0.25) is 0 Å². The van der Waals surface area contributed by atoms with Crippen molar-refractivity contribution in [1.29, 1.82) is 0 Å². The lowest BCUT2D eigenvalue weighted by Gasteiger charge is -2.20. The maximum atomic E-state index is 12.6. The molecule has 3 rings (SSSR count). The predicted molar refractivity (Wildman–Crippen MR) is 109 cm³/mol. The van der Waals surface area contributed by atoms with Crippen molar-refractivity contribution in [3.63, 3.8) is 0 Å². The highest BCUT2D eigenvalue weighted by molar-refractivity contribution is 5.78. The fourth-order valence-corrected chi connectivity index (χ4v) is 2.97. The van der Waals surface area contributed by atoms with Crippen LogP contribution in [0.1, 0.15) is 33.9 Å². The third-order valence-electron chi connectivity index (χ3n) is 4.55. The van der Waals surface area contributed by atoms with Gasteiger partial charge >= 0.3 is 0 Å². The largest absolute Gasteiger partial charge is 0.483 e. The van der Waals surface area contributed by atoms with Crippen LogP contribution in [0.5, 0.6) is 5.75 Å². The summed E-state index contributed by atoms with van der Waals surface area (Å²) in [6.45, 7) is 6.03. The lowest BCUT2D eigenvalue weighted by Crippen LogP contribution is -2.33. The van der Waals surface area contributed by atoms with Crippen LogP contribution in [-0.4, -0.2) is 12.5 Å². The molecule has 0 aliphatic rings. The normalized spacial score (nSPS) is 11.7. The summed E-state index contributed by atoms with van der Waals surface area (Å²) < 4.78 is 5.76. The van der Waals surface area contributed by atoms with E-state index < -0.39 is 0 Å². The van der Waals surface area contributed by atoms with Crippen molar-refractivity contribution in [1.82, 2.24) is 5.32 Å². The van der Waals surface area contributed by atoms with E-state index in [9.17, 15) is 4.79 Å². The van der Waals surface area contributed by atoms with Gasteiger partial charge in [-0.05, 0) is 49.1 Å². The molecule has 0 radical (unpaired) electrons. The van der Waals surface area contributed by atoms with Gasteiger partial charge in [-0.15, -0.1) is 0 Å². The monoisotopic (exact) mass is 359 g/mol. The summed E-state index contributed by atoms with van der Waals surface area (Å²) in [5.41, 5.74) is 5.41. The van der Waals surface area contributed by atoms with Crippen molar-refractivity contribution in [3.8, 4) is 5.75 Å². The Hall–Kier alpha value is -3.07. The number of benzene rings is 3. The first-order chi connectivity index (χ1) is 13.0. The van der Waals surface area contributed by atoms with Crippen LogP contribution in [0.15, 0.2) is 72.8 Å². The van der Waals surface area contributed by atoms with Gasteiger partial charge in [-0.2, -0.15) is 0 Å². The second kappa shape index (κ2) is 8.54. The summed E-state index contributed by atoms with van der Waals surface area (Å²) in [6.07, 6.45) is 0. The Morgan fingerprint density at radius 3 is 2.19 bits per heavy atom. The Bertz CT molecular complexity index is 901. The highest BCUT2D eigenvalue weighted by Gasteiger charge is 2.17. The molecule has 138 valence electrons. The van der Waals surface area contributed by atoms with Crippen LogP contribution < -0.4 is 10.1 Å². The van der Waals surface area contributed by atoms with Crippen molar-refractivity contribution in [3.05, 3.63) is 101 Å². The minimum atomic E-state index is -0.207. The van der Waals surface area contributed by atoms with Gasteiger partial charge < -0.3 is 10.1 Å². The molecule has 0 heterocycles. The molecule has 0 unspecified atom stereocenters. The number of carbonyl (C=O) groups excluding carboxylic acids is 1. The second-order valence-corrected chi connectivity index (χ2v) is 6.88. The van der Waals surface area contributed by atoms with Gasteiger partial charge in [-0.1, -0.05) is 72.3 Å². The van der Waals surface area contributed by atoms with Crippen molar-refractivity contribution >= 4 is 5.91 Å². The third-order valence-corrected chi connectivity index (χ3v) is 4.55. The molecule has 0 saturated carbocycles. The number of nitrogens with one attached hydrogen (secondary N) is 1. The summed E-state index contributed by atoms with van der Waals surface area (Å²) in [4.78, 5) is 12.6. The SMILES string of the molecule is Cc1ccc([C@@H](NC(=O)COc2cc(C)ccc2C)c2ccccc2)cc1. The van der Waals surface area contributed by atoms with Crippen LogP contribution in [0.4, 0.5) is 0 Å². The van der Waals surface area contributed by atoms with Gasteiger partial charge in [0.05, 0.1) is 6.04 Å². The Kier molecular flexibility index (Phi) is 5.92. The van der Waals surface area contributed by atoms with E-state index in [0.29, 0.717) is 0 Å². The Labute approximate surface area is 161 Å². The van der Waals surface area contributed by atoms with Gasteiger partial charge in [-0.25, -0.2) is 0 Å². The molecular weight excluding hydrogens is 334 g/mol. The Morgan fingerprint density at radius 2 is 1.48 bits per heavy atom. The minimum Gasteiger partial charge on any atom is -0.483 e. The molecule has 0 aliphatic heterocycles. The van der Waals surface area contributed by atoms with Gasteiger partial charge in [0.2, 0.25) is 0 Å². The summed E-state index contributed by atoms with van der Waals surface area (Å²) in [7, 11) is 0. The zero-order valence-corrected chi connectivity index (χ0v) is 16.0. The van der Waals surface area contributed by atoms with E-state index in [1.807, 2.05) is 62.4 Å². The van der Waals surface area contributed by atoms with E-state index >= 15 is 0 Å². The van der Waals surface area contributed by atoms with E-state index in [1.165, 1.54) is 5.56 Å². The molecule has 1 atom stereocenters. The molecule has 0 bridgehead atoms. The van der Waals surface area contributed by atoms with Gasteiger partial charge in [-0.3, -0.25) is 4.79 Å². The molecule has 0 aliphatic carbocycles. The number of hydrogen-bond acceptors (Lipinski definition) is 2. The fourth-order valence-electron chi connectivity index (χ4n) is 2.97. The molecule has 27 heavy (non-hydrogen) atoms. The topological polar surface area (TPSA) is 38.3 Å². The lowest BCUT2D eigenvalue weighted by molar-refractivity contribution is -0.123. The molecule has 1 amide bonds. The molecule has 3 aromatic carbocycles. The average molecular weight is 359 g/mol. The number of ether oxygens (including phenoxy) is 1. The van der Waals surface area contributed by atoms with Crippen molar-refractivity contribution < 1.29 is 9.53 Å². The standard InChI is InChI=1S/C24H25NO2/c1-17-10-13-21(14-11-17)24(20-7-5-4-6-8-20)25-23(26)16-27-22-15-18(2)9-12-19(22)3/h4-15,24H,16H2,1-3H3,(H,25,26)/t24-/m0/s1. The van der Waals surface area contributed by atoms with Crippen LogP contribution in [0.3, 0.4) is 0 Å². The number of carbonyl (C=O) groups is 1. The molecule has 0 spiro atoms. The molecule has 0 aromatic heterocycles. The molecule has 3 heteroatoms. The first kappa shape index (κ1) is 18.7. The second-order valence-electron chi connectivity index (χ2n) is 6.88.